The summed E-state index contributed by atoms with van der Waals surface area (Å²) in [5, 5.41) is 12.7. The van der Waals surface area contributed by atoms with Crippen LogP contribution in [-0.4, -0.2) is 33.0 Å². The fourth-order valence-electron chi connectivity index (χ4n) is 1.86. The summed E-state index contributed by atoms with van der Waals surface area (Å²) in [6, 6.07) is -1.11. The molecule has 106 valence electrons. The molecule has 0 aliphatic heterocycles. The molecule has 0 saturated carbocycles. The van der Waals surface area contributed by atoms with Gasteiger partial charge in [0, 0.05) is 4.88 Å². The Morgan fingerprint density at radius 2 is 2.15 bits per heavy atom. The lowest BCUT2D eigenvalue weighted by Gasteiger charge is -2.14. The Balaban J connectivity index is 2.42. The second-order valence-electron chi connectivity index (χ2n) is 4.39. The van der Waals surface area contributed by atoms with Gasteiger partial charge in [0.15, 0.2) is 0 Å². The molecule has 0 spiro atoms. The maximum atomic E-state index is 11.2. The van der Waals surface area contributed by atoms with Gasteiger partial charge in [0.05, 0.1) is 11.8 Å². The predicted molar refractivity (Wildman–Crippen MR) is 75.7 cm³/mol. The molecule has 2 heterocycles. The number of carboxylic acid groups (broad SMARTS) is 1. The zero-order valence-electron chi connectivity index (χ0n) is 11.0. The summed E-state index contributed by atoms with van der Waals surface area (Å²) >= 11 is 1.51. The molecule has 8 heteroatoms. The zero-order chi connectivity index (χ0) is 14.9. The number of fused-ring (bicyclic) bond motifs is 1. The van der Waals surface area contributed by atoms with Crippen LogP contribution in [0.25, 0.3) is 10.2 Å². The average Bonchev–Trinajstić information content (AvgIpc) is 2.64. The van der Waals surface area contributed by atoms with Crippen molar-refractivity contribution in [2.45, 2.75) is 26.3 Å². The number of rotatable bonds is 5. The van der Waals surface area contributed by atoms with Crippen molar-refractivity contribution in [3.8, 4) is 0 Å². The topological polar surface area (TPSA) is 118 Å². The number of amides is 1. The van der Waals surface area contributed by atoms with Gasteiger partial charge in [-0.25, -0.2) is 14.8 Å². The van der Waals surface area contributed by atoms with Crippen LogP contribution in [0.3, 0.4) is 0 Å². The summed E-state index contributed by atoms with van der Waals surface area (Å²) in [4.78, 5) is 32.2. The minimum Gasteiger partial charge on any atom is -0.480 e. The number of nitrogens with zero attached hydrogens (tertiary/aromatic N) is 2. The minimum atomic E-state index is -1.15. The Morgan fingerprint density at radius 1 is 1.45 bits per heavy atom. The normalized spacial score (nSPS) is 12.3. The monoisotopic (exact) mass is 294 g/mol. The van der Waals surface area contributed by atoms with Crippen LogP contribution in [0, 0.1) is 13.8 Å². The molecular weight excluding hydrogens is 280 g/mol. The molecule has 0 aliphatic carbocycles. The highest BCUT2D eigenvalue weighted by molar-refractivity contribution is 7.18. The number of carboxylic acids is 1. The molecule has 0 aliphatic rings. The Hall–Kier alpha value is -2.22. The quantitative estimate of drug-likeness (QED) is 0.758. The number of carbonyl (C=O) groups is 2. The van der Waals surface area contributed by atoms with Crippen molar-refractivity contribution < 1.29 is 14.7 Å². The third kappa shape index (κ3) is 2.69. The molecule has 1 unspecified atom stereocenters. The van der Waals surface area contributed by atoms with E-state index < -0.39 is 17.9 Å². The van der Waals surface area contributed by atoms with Gasteiger partial charge in [-0.2, -0.15) is 0 Å². The van der Waals surface area contributed by atoms with Crippen LogP contribution in [0.4, 0.5) is 5.82 Å². The van der Waals surface area contributed by atoms with Gasteiger partial charge in [0.2, 0.25) is 5.91 Å². The van der Waals surface area contributed by atoms with Crippen LogP contribution in [0.2, 0.25) is 0 Å². The van der Waals surface area contributed by atoms with E-state index >= 15 is 0 Å². The van der Waals surface area contributed by atoms with E-state index in [0.717, 1.165) is 20.7 Å². The van der Waals surface area contributed by atoms with Crippen LogP contribution in [0.1, 0.15) is 16.9 Å². The Kier molecular flexibility index (Phi) is 3.84. The molecule has 0 saturated heterocycles. The number of aryl methyl sites for hydroxylation is 2. The molecule has 0 radical (unpaired) electrons. The lowest BCUT2D eigenvalue weighted by Crippen LogP contribution is -2.34. The van der Waals surface area contributed by atoms with Crippen molar-refractivity contribution >= 4 is 39.2 Å². The van der Waals surface area contributed by atoms with E-state index in [0.29, 0.717) is 5.82 Å². The lowest BCUT2D eigenvalue weighted by atomic mass is 10.1. The number of aromatic nitrogens is 2. The van der Waals surface area contributed by atoms with Gasteiger partial charge < -0.3 is 16.2 Å². The molecule has 2 aromatic heterocycles. The van der Waals surface area contributed by atoms with E-state index in [1.807, 2.05) is 13.8 Å². The average molecular weight is 294 g/mol. The first-order valence-corrected chi connectivity index (χ1v) is 6.70. The molecule has 1 atom stereocenters. The van der Waals surface area contributed by atoms with Crippen LogP contribution in [0.15, 0.2) is 6.33 Å². The predicted octanol–water partition coefficient (Wildman–Crippen LogP) is 1.05. The Labute approximate surface area is 118 Å². The molecule has 0 bridgehead atoms. The number of hydrogen-bond donors (Lipinski definition) is 3. The first-order chi connectivity index (χ1) is 9.40. The third-order valence-corrected chi connectivity index (χ3v) is 4.09. The summed E-state index contributed by atoms with van der Waals surface area (Å²) in [5.41, 5.74) is 6.06. The van der Waals surface area contributed by atoms with Gasteiger partial charge in [-0.15, -0.1) is 11.3 Å². The van der Waals surface area contributed by atoms with E-state index in [1.54, 1.807) is 0 Å². The van der Waals surface area contributed by atoms with Gasteiger partial charge in [0.1, 0.15) is 23.0 Å². The molecule has 2 rings (SSSR count). The smallest absolute Gasteiger partial charge is 0.326 e. The summed E-state index contributed by atoms with van der Waals surface area (Å²) in [6.45, 7) is 3.89. The molecule has 2 aromatic rings. The second kappa shape index (κ2) is 5.41. The minimum absolute atomic E-state index is 0.303. The molecule has 1 amide bonds. The lowest BCUT2D eigenvalue weighted by molar-refractivity contribution is -0.139. The number of anilines is 1. The van der Waals surface area contributed by atoms with E-state index in [4.69, 9.17) is 10.8 Å². The van der Waals surface area contributed by atoms with Gasteiger partial charge in [-0.1, -0.05) is 0 Å². The third-order valence-electron chi connectivity index (χ3n) is 2.98. The molecule has 4 N–H and O–H groups in total. The van der Waals surface area contributed by atoms with E-state index in [1.165, 1.54) is 17.7 Å². The zero-order valence-corrected chi connectivity index (χ0v) is 11.8. The van der Waals surface area contributed by atoms with Crippen LogP contribution < -0.4 is 11.1 Å². The number of nitrogens with two attached hydrogens (primary N) is 1. The van der Waals surface area contributed by atoms with Crippen molar-refractivity contribution in [3.05, 3.63) is 16.8 Å². The number of nitrogens with one attached hydrogen (secondary N) is 1. The molecule has 7 nitrogen and oxygen atoms in total. The van der Waals surface area contributed by atoms with Crippen LogP contribution in [-0.2, 0) is 9.59 Å². The van der Waals surface area contributed by atoms with Crippen molar-refractivity contribution in [1.29, 1.82) is 0 Å². The summed E-state index contributed by atoms with van der Waals surface area (Å²) in [5.74, 6) is -1.43. The largest absolute Gasteiger partial charge is 0.480 e. The second-order valence-corrected chi connectivity index (χ2v) is 5.59. The van der Waals surface area contributed by atoms with Crippen molar-refractivity contribution in [2.24, 2.45) is 5.73 Å². The van der Waals surface area contributed by atoms with E-state index in [9.17, 15) is 9.59 Å². The van der Waals surface area contributed by atoms with Gasteiger partial charge in [-0.3, -0.25) is 4.79 Å². The first-order valence-electron chi connectivity index (χ1n) is 5.88. The summed E-state index contributed by atoms with van der Waals surface area (Å²) in [7, 11) is 0. The van der Waals surface area contributed by atoms with Gasteiger partial charge in [-0.05, 0) is 19.4 Å². The van der Waals surface area contributed by atoms with E-state index in [-0.39, 0.29) is 6.42 Å². The molecular formula is C12H14N4O3S. The molecule has 0 aromatic carbocycles. The Morgan fingerprint density at radius 3 is 2.75 bits per heavy atom. The SMILES string of the molecule is Cc1sc2ncnc(NC(CC(N)=O)C(=O)O)c2c1C. The number of thiophene rings is 1. The highest BCUT2D eigenvalue weighted by Gasteiger charge is 2.22. The molecule has 20 heavy (non-hydrogen) atoms. The highest BCUT2D eigenvalue weighted by Crippen LogP contribution is 2.32. The van der Waals surface area contributed by atoms with Crippen LogP contribution in [0.5, 0.6) is 0 Å². The number of carbonyl (C=O) groups excluding carboxylic acids is 1. The maximum absolute atomic E-state index is 11.2. The number of primary amides is 1. The van der Waals surface area contributed by atoms with Gasteiger partial charge in [0.25, 0.3) is 0 Å². The van der Waals surface area contributed by atoms with Crippen molar-refractivity contribution in [2.75, 3.05) is 5.32 Å². The highest BCUT2D eigenvalue weighted by atomic mass is 32.1. The number of aliphatic carboxylic acids is 1. The Bertz CT molecular complexity index is 683. The molecule has 0 fully saturated rings. The van der Waals surface area contributed by atoms with Crippen LogP contribution >= 0.6 is 11.3 Å². The summed E-state index contributed by atoms with van der Waals surface area (Å²) < 4.78 is 0. The fraction of sp³-hybridized carbons (Fsp3) is 0.333. The van der Waals surface area contributed by atoms with Crippen molar-refractivity contribution in [3.63, 3.8) is 0 Å². The standard InChI is InChI=1S/C12H14N4O3S/c1-5-6(2)20-11-9(5)10(14-4-15-11)16-7(12(18)19)3-8(13)17/h4,7H,3H2,1-2H3,(H2,13,17)(H,18,19)(H,14,15,16). The number of hydrogen-bond acceptors (Lipinski definition) is 6. The summed E-state index contributed by atoms with van der Waals surface area (Å²) in [6.07, 6.45) is 1.06. The van der Waals surface area contributed by atoms with E-state index in [2.05, 4.69) is 15.3 Å². The first kappa shape index (κ1) is 14.2. The maximum Gasteiger partial charge on any atom is 0.326 e. The van der Waals surface area contributed by atoms with Crippen molar-refractivity contribution in [1.82, 2.24) is 9.97 Å². The van der Waals surface area contributed by atoms with Gasteiger partial charge >= 0.3 is 5.97 Å². The fourth-order valence-corrected chi connectivity index (χ4v) is 2.85.